The van der Waals surface area contributed by atoms with Crippen LogP contribution in [0.2, 0.25) is 0 Å². The third-order valence-electron chi connectivity index (χ3n) is 2.60. The molecule has 0 spiro atoms. The van der Waals surface area contributed by atoms with E-state index >= 15 is 0 Å². The van der Waals surface area contributed by atoms with Gasteiger partial charge < -0.3 is 0 Å². The van der Waals surface area contributed by atoms with Gasteiger partial charge in [0.25, 0.3) is 0 Å². The van der Waals surface area contributed by atoms with E-state index in [-0.39, 0.29) is 6.42 Å². The molecule has 1 N–H and O–H groups in total. The molecule has 2 saturated heterocycles. The monoisotopic (exact) mass is 196 g/mol. The van der Waals surface area contributed by atoms with Crippen molar-refractivity contribution in [1.29, 1.82) is 0 Å². The Morgan fingerprint density at radius 2 is 1.86 bits per heavy atom. The van der Waals surface area contributed by atoms with Crippen LogP contribution >= 0.6 is 0 Å². The standard InChI is InChI=1S/C8H8N2O4/c1-10-7(13)3-2-4(11)9-6(12)5(3)8(10)14/h3,5H,2H2,1H3,(H,9,11,12)/t3-,5-/m0/s1. The first-order valence-corrected chi connectivity index (χ1v) is 4.17. The Hall–Kier alpha value is -1.72. The molecule has 0 aromatic carbocycles. The van der Waals surface area contributed by atoms with Crippen LogP contribution in [0.15, 0.2) is 0 Å². The van der Waals surface area contributed by atoms with Crippen LogP contribution in [-0.4, -0.2) is 35.6 Å². The molecule has 6 heteroatoms. The van der Waals surface area contributed by atoms with E-state index in [0.29, 0.717) is 0 Å². The van der Waals surface area contributed by atoms with Gasteiger partial charge in [-0.3, -0.25) is 29.4 Å². The van der Waals surface area contributed by atoms with Gasteiger partial charge in [0.15, 0.2) is 0 Å². The lowest BCUT2D eigenvalue weighted by Crippen LogP contribution is -2.47. The molecule has 0 unspecified atom stereocenters. The van der Waals surface area contributed by atoms with Crippen molar-refractivity contribution in [1.82, 2.24) is 10.2 Å². The second kappa shape index (κ2) is 2.63. The van der Waals surface area contributed by atoms with E-state index in [1.807, 2.05) is 5.32 Å². The van der Waals surface area contributed by atoms with Crippen molar-refractivity contribution in [3.8, 4) is 0 Å². The molecule has 0 aliphatic carbocycles. The summed E-state index contributed by atoms with van der Waals surface area (Å²) in [5.74, 6) is -3.89. The van der Waals surface area contributed by atoms with Crippen molar-refractivity contribution >= 4 is 23.6 Å². The Morgan fingerprint density at radius 1 is 1.21 bits per heavy atom. The fourth-order valence-electron chi connectivity index (χ4n) is 1.85. The molecule has 0 radical (unpaired) electrons. The zero-order valence-electron chi connectivity index (χ0n) is 7.44. The molecule has 0 bridgehead atoms. The van der Waals surface area contributed by atoms with Gasteiger partial charge in [0.2, 0.25) is 23.6 Å². The first-order valence-electron chi connectivity index (χ1n) is 4.17. The largest absolute Gasteiger partial charge is 0.296 e. The second-order valence-corrected chi connectivity index (χ2v) is 3.44. The van der Waals surface area contributed by atoms with E-state index < -0.39 is 35.5 Å². The molecule has 14 heavy (non-hydrogen) atoms. The molecular formula is C8H8N2O4. The zero-order valence-corrected chi connectivity index (χ0v) is 7.44. The minimum absolute atomic E-state index is 0.0781. The molecule has 0 saturated carbocycles. The van der Waals surface area contributed by atoms with E-state index in [2.05, 4.69) is 0 Å². The minimum Gasteiger partial charge on any atom is -0.296 e. The van der Waals surface area contributed by atoms with Crippen molar-refractivity contribution in [2.45, 2.75) is 6.42 Å². The number of fused-ring (bicyclic) bond motifs is 1. The first kappa shape index (κ1) is 8.86. The number of likely N-dealkylation sites (tertiary alicyclic amines) is 1. The highest BCUT2D eigenvalue weighted by Crippen LogP contribution is 2.30. The lowest BCUT2D eigenvalue weighted by atomic mass is 9.88. The maximum absolute atomic E-state index is 11.4. The maximum Gasteiger partial charge on any atom is 0.242 e. The van der Waals surface area contributed by atoms with Gasteiger partial charge in [0, 0.05) is 13.5 Å². The maximum atomic E-state index is 11.4. The Bertz CT molecular complexity index is 362. The molecule has 6 nitrogen and oxygen atoms in total. The summed E-state index contributed by atoms with van der Waals surface area (Å²) in [5, 5.41) is 2.04. The Balaban J connectivity index is 2.38. The van der Waals surface area contributed by atoms with Gasteiger partial charge in [-0.05, 0) is 0 Å². The summed E-state index contributed by atoms with van der Waals surface area (Å²) < 4.78 is 0. The highest BCUT2D eigenvalue weighted by atomic mass is 16.2. The lowest BCUT2D eigenvalue weighted by molar-refractivity contribution is -0.143. The number of nitrogens with zero attached hydrogens (tertiary/aromatic N) is 1. The van der Waals surface area contributed by atoms with E-state index in [0.717, 1.165) is 4.90 Å². The number of hydrogen-bond donors (Lipinski definition) is 1. The van der Waals surface area contributed by atoms with Crippen molar-refractivity contribution < 1.29 is 19.2 Å². The predicted molar refractivity (Wildman–Crippen MR) is 42.5 cm³/mol. The SMILES string of the molecule is CN1C(=O)[C@@H]2C(=O)NC(=O)C[C@@H]2C1=O. The summed E-state index contributed by atoms with van der Waals surface area (Å²) in [6.45, 7) is 0. The van der Waals surface area contributed by atoms with Crippen LogP contribution in [0.3, 0.4) is 0 Å². The summed E-state index contributed by atoms with van der Waals surface area (Å²) in [5.41, 5.74) is 0. The van der Waals surface area contributed by atoms with E-state index in [4.69, 9.17) is 0 Å². The van der Waals surface area contributed by atoms with E-state index in [1.54, 1.807) is 0 Å². The normalized spacial score (nSPS) is 31.9. The third-order valence-corrected chi connectivity index (χ3v) is 2.60. The van der Waals surface area contributed by atoms with E-state index in [9.17, 15) is 19.2 Å². The Kier molecular flexibility index (Phi) is 1.67. The smallest absolute Gasteiger partial charge is 0.242 e. The molecule has 0 aromatic heterocycles. The quantitative estimate of drug-likeness (QED) is 0.368. The fraction of sp³-hybridized carbons (Fsp3) is 0.500. The zero-order chi connectivity index (χ0) is 10.5. The van der Waals surface area contributed by atoms with Crippen molar-refractivity contribution in [3.05, 3.63) is 0 Å². The number of carbonyl (C=O) groups excluding carboxylic acids is 4. The number of nitrogens with one attached hydrogen (secondary N) is 1. The molecule has 4 amide bonds. The number of hydrogen-bond acceptors (Lipinski definition) is 4. The van der Waals surface area contributed by atoms with Gasteiger partial charge in [-0.15, -0.1) is 0 Å². The number of imide groups is 2. The predicted octanol–water partition coefficient (Wildman–Crippen LogP) is -1.74. The van der Waals surface area contributed by atoms with Gasteiger partial charge in [0.1, 0.15) is 5.92 Å². The first-order chi connectivity index (χ1) is 6.52. The molecule has 2 aliphatic rings. The molecule has 2 atom stereocenters. The topological polar surface area (TPSA) is 83.6 Å². The van der Waals surface area contributed by atoms with Crippen LogP contribution in [0.5, 0.6) is 0 Å². The van der Waals surface area contributed by atoms with Crippen molar-refractivity contribution in [3.63, 3.8) is 0 Å². The van der Waals surface area contributed by atoms with Crippen LogP contribution in [-0.2, 0) is 19.2 Å². The minimum atomic E-state index is -0.995. The molecule has 74 valence electrons. The summed E-state index contributed by atoms with van der Waals surface area (Å²) in [6, 6.07) is 0. The van der Waals surface area contributed by atoms with Crippen molar-refractivity contribution in [2.75, 3.05) is 7.05 Å². The molecule has 2 fully saturated rings. The highest BCUT2D eigenvalue weighted by molar-refractivity contribution is 6.19. The highest BCUT2D eigenvalue weighted by Gasteiger charge is 2.53. The van der Waals surface area contributed by atoms with Gasteiger partial charge >= 0.3 is 0 Å². The molecule has 0 aromatic rings. The van der Waals surface area contributed by atoms with Crippen LogP contribution in [0.25, 0.3) is 0 Å². The summed E-state index contributed by atoms with van der Waals surface area (Å²) in [6.07, 6.45) is -0.0781. The summed E-state index contributed by atoms with van der Waals surface area (Å²) in [7, 11) is 1.32. The average Bonchev–Trinajstić information content (AvgIpc) is 2.31. The number of piperidine rings is 1. The Labute approximate surface area is 79.2 Å². The second-order valence-electron chi connectivity index (χ2n) is 3.44. The molecule has 2 rings (SSSR count). The average molecular weight is 196 g/mol. The van der Waals surface area contributed by atoms with Gasteiger partial charge in [0.05, 0.1) is 5.92 Å². The van der Waals surface area contributed by atoms with Crippen LogP contribution in [0.1, 0.15) is 6.42 Å². The number of rotatable bonds is 0. The van der Waals surface area contributed by atoms with E-state index in [1.165, 1.54) is 7.05 Å². The van der Waals surface area contributed by atoms with Crippen LogP contribution in [0, 0.1) is 11.8 Å². The summed E-state index contributed by atoms with van der Waals surface area (Å²) in [4.78, 5) is 45.9. The van der Waals surface area contributed by atoms with Crippen LogP contribution in [0.4, 0.5) is 0 Å². The van der Waals surface area contributed by atoms with Crippen molar-refractivity contribution in [2.24, 2.45) is 11.8 Å². The molecule has 2 aliphatic heterocycles. The number of carbonyl (C=O) groups is 4. The molecule has 2 heterocycles. The number of amides is 4. The van der Waals surface area contributed by atoms with Crippen LogP contribution < -0.4 is 5.32 Å². The Morgan fingerprint density at radius 3 is 2.50 bits per heavy atom. The fourth-order valence-corrected chi connectivity index (χ4v) is 1.85. The lowest BCUT2D eigenvalue weighted by Gasteiger charge is -2.19. The third kappa shape index (κ3) is 0.966. The molecular weight excluding hydrogens is 188 g/mol. The van der Waals surface area contributed by atoms with Gasteiger partial charge in [-0.1, -0.05) is 0 Å². The summed E-state index contributed by atoms with van der Waals surface area (Å²) >= 11 is 0. The van der Waals surface area contributed by atoms with Gasteiger partial charge in [-0.25, -0.2) is 0 Å². The van der Waals surface area contributed by atoms with Gasteiger partial charge in [-0.2, -0.15) is 0 Å².